The van der Waals surface area contributed by atoms with Crippen molar-refractivity contribution in [1.82, 2.24) is 15.5 Å². The summed E-state index contributed by atoms with van der Waals surface area (Å²) < 4.78 is 28.1. The van der Waals surface area contributed by atoms with Gasteiger partial charge in [0.2, 0.25) is 11.8 Å². The van der Waals surface area contributed by atoms with Crippen molar-refractivity contribution in [3.8, 4) is 0 Å². The predicted octanol–water partition coefficient (Wildman–Crippen LogP) is 5.21. The van der Waals surface area contributed by atoms with Crippen molar-refractivity contribution in [1.29, 1.82) is 0 Å². The minimum Gasteiger partial charge on any atom is -0.356 e. The normalized spacial score (nSPS) is 19.4. The second-order valence-electron chi connectivity index (χ2n) is 10.2. The number of carbonyl (C=O) groups is 2. The van der Waals surface area contributed by atoms with Gasteiger partial charge in [0.05, 0.1) is 12.0 Å². The smallest absolute Gasteiger partial charge is 0.225 e. The first-order valence-corrected chi connectivity index (χ1v) is 12.3. The van der Waals surface area contributed by atoms with Crippen LogP contribution in [-0.2, 0) is 9.59 Å². The molecule has 0 aliphatic carbocycles. The fourth-order valence-corrected chi connectivity index (χ4v) is 4.77. The highest BCUT2D eigenvalue weighted by Crippen LogP contribution is 2.37. The van der Waals surface area contributed by atoms with E-state index in [1.165, 1.54) is 19.1 Å². The highest BCUT2D eigenvalue weighted by molar-refractivity contribution is 6.30. The molecule has 0 saturated carbocycles. The van der Waals surface area contributed by atoms with Gasteiger partial charge in [0, 0.05) is 49.1 Å². The highest BCUT2D eigenvalue weighted by atomic mass is 35.5. The Morgan fingerprint density at radius 2 is 1.80 bits per heavy atom. The summed E-state index contributed by atoms with van der Waals surface area (Å²) in [5.41, 5.74) is 1.12. The van der Waals surface area contributed by atoms with E-state index in [2.05, 4.69) is 36.3 Å². The summed E-state index contributed by atoms with van der Waals surface area (Å²) in [6, 6.07) is 10.7. The van der Waals surface area contributed by atoms with E-state index in [0.717, 1.165) is 11.6 Å². The van der Waals surface area contributed by atoms with Crippen molar-refractivity contribution in [2.75, 3.05) is 19.6 Å². The molecule has 0 unspecified atom stereocenters. The Balaban J connectivity index is 1.65. The van der Waals surface area contributed by atoms with E-state index in [1.807, 2.05) is 12.1 Å². The van der Waals surface area contributed by atoms with Crippen molar-refractivity contribution in [3.05, 3.63) is 70.2 Å². The lowest BCUT2D eigenvalue weighted by Crippen LogP contribution is -2.41. The minimum atomic E-state index is -0.632. The van der Waals surface area contributed by atoms with Gasteiger partial charge in [-0.05, 0) is 62.9 Å². The summed E-state index contributed by atoms with van der Waals surface area (Å²) in [4.78, 5) is 27.0. The first-order valence-electron chi connectivity index (χ1n) is 12.0. The van der Waals surface area contributed by atoms with Crippen LogP contribution in [0.1, 0.15) is 63.6 Å². The predicted molar refractivity (Wildman–Crippen MR) is 134 cm³/mol. The van der Waals surface area contributed by atoms with Gasteiger partial charge in [-0.15, -0.1) is 0 Å². The summed E-state index contributed by atoms with van der Waals surface area (Å²) in [5, 5.41) is 6.57. The fraction of sp³-hybridized carbons (Fsp3) is 0.481. The van der Waals surface area contributed by atoms with Crippen LogP contribution in [0.3, 0.4) is 0 Å². The Morgan fingerprint density at radius 3 is 2.40 bits per heavy atom. The molecule has 1 fully saturated rings. The molecule has 1 aliphatic heterocycles. The number of hydrogen-bond acceptors (Lipinski definition) is 3. The van der Waals surface area contributed by atoms with Gasteiger partial charge in [0.15, 0.2) is 0 Å². The van der Waals surface area contributed by atoms with Gasteiger partial charge in [0.1, 0.15) is 11.6 Å². The number of nitrogens with one attached hydrogen (secondary N) is 2. The Bertz CT molecular complexity index is 1040. The molecule has 3 atom stereocenters. The Morgan fingerprint density at radius 1 is 1.11 bits per heavy atom. The number of amides is 2. The first kappa shape index (κ1) is 27.1. The SMILES string of the molecule is CC(=O)N[C@@H](CCCNC(=O)[C@@H]1CN(C(C)(C)C)C[C@H]1c1ccc(F)cc1F)c1ccc(Cl)cc1. The molecule has 5 nitrogen and oxygen atoms in total. The van der Waals surface area contributed by atoms with Crippen LogP contribution in [-0.4, -0.2) is 41.9 Å². The third-order valence-electron chi connectivity index (χ3n) is 6.59. The van der Waals surface area contributed by atoms with Crippen molar-refractivity contribution in [2.24, 2.45) is 5.92 Å². The molecule has 2 amide bonds. The van der Waals surface area contributed by atoms with Crippen LogP contribution in [0, 0.1) is 17.6 Å². The largest absolute Gasteiger partial charge is 0.356 e. The summed E-state index contributed by atoms with van der Waals surface area (Å²) in [5.74, 6) is -2.34. The maximum absolute atomic E-state index is 14.6. The molecule has 1 heterocycles. The molecule has 2 aromatic rings. The van der Waals surface area contributed by atoms with E-state index >= 15 is 0 Å². The fourth-order valence-electron chi connectivity index (χ4n) is 4.65. The van der Waals surface area contributed by atoms with Gasteiger partial charge in [-0.3, -0.25) is 14.5 Å². The van der Waals surface area contributed by atoms with Crippen molar-refractivity contribution < 1.29 is 18.4 Å². The second-order valence-corrected chi connectivity index (χ2v) is 10.6. The van der Waals surface area contributed by atoms with Gasteiger partial charge >= 0.3 is 0 Å². The summed E-state index contributed by atoms with van der Waals surface area (Å²) in [6.45, 7) is 9.09. The van der Waals surface area contributed by atoms with Gasteiger partial charge in [-0.2, -0.15) is 0 Å². The number of halogens is 3. The van der Waals surface area contributed by atoms with E-state index in [4.69, 9.17) is 11.6 Å². The minimum absolute atomic E-state index is 0.133. The lowest BCUT2D eigenvalue weighted by molar-refractivity contribution is -0.125. The van der Waals surface area contributed by atoms with Crippen molar-refractivity contribution >= 4 is 23.4 Å². The summed E-state index contributed by atoms with van der Waals surface area (Å²) in [6.07, 6.45) is 1.28. The Labute approximate surface area is 211 Å². The third-order valence-corrected chi connectivity index (χ3v) is 6.84. The third kappa shape index (κ3) is 7.24. The number of benzene rings is 2. The number of likely N-dealkylation sites (tertiary alicyclic amines) is 1. The molecule has 0 bridgehead atoms. The molecule has 190 valence electrons. The number of hydrogen-bond donors (Lipinski definition) is 2. The molecule has 8 heteroatoms. The van der Waals surface area contributed by atoms with Crippen LogP contribution in [0.25, 0.3) is 0 Å². The van der Waals surface area contributed by atoms with Crippen LogP contribution in [0.15, 0.2) is 42.5 Å². The number of carbonyl (C=O) groups excluding carboxylic acids is 2. The van der Waals surface area contributed by atoms with Crippen LogP contribution in [0.4, 0.5) is 8.78 Å². The standard InChI is InChI=1S/C27H34ClF2N3O2/c1-17(34)32-25(18-7-9-19(28)10-8-18)6-5-13-31-26(35)23-16-33(27(2,3)4)15-22(23)21-12-11-20(29)14-24(21)30/h7-12,14,22-23,25H,5-6,13,15-16H2,1-4H3,(H,31,35)(H,32,34)/t22-,23+,25-/m0/s1. The van der Waals surface area contributed by atoms with Crippen molar-refractivity contribution in [2.45, 2.75) is 58.0 Å². The molecule has 0 spiro atoms. The van der Waals surface area contributed by atoms with Crippen molar-refractivity contribution in [3.63, 3.8) is 0 Å². The number of nitrogens with zero attached hydrogens (tertiary/aromatic N) is 1. The topological polar surface area (TPSA) is 61.4 Å². The summed E-state index contributed by atoms with van der Waals surface area (Å²) >= 11 is 5.98. The lowest BCUT2D eigenvalue weighted by Gasteiger charge is -2.31. The molecule has 0 radical (unpaired) electrons. The maximum Gasteiger partial charge on any atom is 0.225 e. The average molecular weight is 506 g/mol. The Hall–Kier alpha value is -2.51. The molecule has 1 aliphatic rings. The first-order chi connectivity index (χ1) is 16.5. The lowest BCUT2D eigenvalue weighted by atomic mass is 9.88. The van der Waals surface area contributed by atoms with Gasteiger partial charge < -0.3 is 10.6 Å². The quantitative estimate of drug-likeness (QED) is 0.484. The molecule has 1 saturated heterocycles. The zero-order valence-electron chi connectivity index (χ0n) is 20.7. The molecule has 3 rings (SSSR count). The van der Waals surface area contributed by atoms with Gasteiger partial charge in [-0.1, -0.05) is 29.8 Å². The van der Waals surface area contributed by atoms with E-state index < -0.39 is 17.6 Å². The van der Waals surface area contributed by atoms with Gasteiger partial charge in [0.25, 0.3) is 0 Å². The molecule has 35 heavy (non-hydrogen) atoms. The summed E-state index contributed by atoms with van der Waals surface area (Å²) in [7, 11) is 0. The van der Waals surface area contributed by atoms with Crippen LogP contribution >= 0.6 is 11.6 Å². The van der Waals surface area contributed by atoms with Crippen LogP contribution in [0.2, 0.25) is 5.02 Å². The van der Waals surface area contributed by atoms with Crippen LogP contribution < -0.4 is 10.6 Å². The number of rotatable bonds is 8. The van der Waals surface area contributed by atoms with E-state index in [9.17, 15) is 18.4 Å². The van der Waals surface area contributed by atoms with E-state index in [0.29, 0.717) is 43.1 Å². The molecule has 2 aromatic carbocycles. The zero-order valence-corrected chi connectivity index (χ0v) is 21.5. The molecule has 2 N–H and O–H groups in total. The second kappa shape index (κ2) is 11.5. The molecular formula is C27H34ClF2N3O2. The van der Waals surface area contributed by atoms with E-state index in [1.54, 1.807) is 12.1 Å². The zero-order chi connectivity index (χ0) is 25.8. The van der Waals surface area contributed by atoms with Gasteiger partial charge in [-0.25, -0.2) is 8.78 Å². The monoisotopic (exact) mass is 505 g/mol. The van der Waals surface area contributed by atoms with E-state index in [-0.39, 0.29) is 29.3 Å². The van der Waals surface area contributed by atoms with Crippen LogP contribution in [0.5, 0.6) is 0 Å². The molecular weight excluding hydrogens is 472 g/mol. The Kier molecular flexibility index (Phi) is 8.89. The average Bonchev–Trinajstić information content (AvgIpc) is 3.22. The molecule has 0 aromatic heterocycles. The highest BCUT2D eigenvalue weighted by Gasteiger charge is 2.42. The maximum atomic E-state index is 14.6.